The second-order valence-corrected chi connectivity index (χ2v) is 13.7. The molecule has 0 radical (unpaired) electrons. The maximum Gasteiger partial charge on any atom is -0.0188 e. The van der Waals surface area contributed by atoms with Crippen LogP contribution < -0.4 is 0 Å². The summed E-state index contributed by atoms with van der Waals surface area (Å²) in [6, 6.07) is 0. The zero-order chi connectivity index (χ0) is 18.4. The maximum atomic E-state index is 2.53. The van der Waals surface area contributed by atoms with E-state index in [2.05, 4.69) is 55.4 Å². The predicted octanol–water partition coefficient (Wildman–Crippen LogP) is 7.94. The first kappa shape index (κ1) is 22.9. The Hall–Kier alpha value is 0.860. The van der Waals surface area contributed by atoms with E-state index in [1.807, 2.05) is 0 Å². The first-order valence-electron chi connectivity index (χ1n) is 10.5. The van der Waals surface area contributed by atoms with Crippen molar-refractivity contribution in [2.24, 2.45) is 16.2 Å². The lowest BCUT2D eigenvalue weighted by molar-refractivity contribution is -0.0605. The molecule has 2 heteroatoms. The standard InChI is InChI=1S/C22H46P2/c1-9-11-13-23-18-15-19(24-14-12-10-2)17-22(16-18,20(3,4)5)21(6,7)8/h18-19,23-24H,9-17H2,1-8H3. The van der Waals surface area contributed by atoms with Gasteiger partial charge in [0.2, 0.25) is 0 Å². The Balaban J connectivity index is 2.97. The predicted molar refractivity (Wildman–Crippen MR) is 119 cm³/mol. The van der Waals surface area contributed by atoms with Crippen LogP contribution >= 0.6 is 17.2 Å². The molecule has 0 aliphatic heterocycles. The van der Waals surface area contributed by atoms with Gasteiger partial charge in [-0.1, -0.05) is 68.2 Å². The average Bonchev–Trinajstić information content (AvgIpc) is 2.45. The third kappa shape index (κ3) is 5.95. The van der Waals surface area contributed by atoms with Gasteiger partial charge in [0, 0.05) is 0 Å². The molecule has 0 aromatic carbocycles. The highest BCUT2D eigenvalue weighted by Crippen LogP contribution is 2.63. The van der Waals surface area contributed by atoms with Crippen molar-refractivity contribution in [3.05, 3.63) is 0 Å². The van der Waals surface area contributed by atoms with E-state index in [0.29, 0.717) is 16.2 Å². The van der Waals surface area contributed by atoms with Crippen LogP contribution in [0.5, 0.6) is 0 Å². The molecule has 0 saturated heterocycles. The average molecular weight is 373 g/mol. The molecule has 0 N–H and O–H groups in total. The number of hydrogen-bond acceptors (Lipinski definition) is 0. The largest absolute Gasteiger partial charge is 0.119 e. The van der Waals surface area contributed by atoms with Crippen molar-refractivity contribution in [3.8, 4) is 0 Å². The summed E-state index contributed by atoms with van der Waals surface area (Å²) in [6.07, 6.45) is 13.1. The lowest BCUT2D eigenvalue weighted by Crippen LogP contribution is -2.52. The van der Waals surface area contributed by atoms with E-state index in [-0.39, 0.29) is 0 Å². The van der Waals surface area contributed by atoms with Crippen LogP contribution in [0.15, 0.2) is 0 Å². The van der Waals surface area contributed by atoms with Crippen molar-refractivity contribution >= 4 is 17.2 Å². The van der Waals surface area contributed by atoms with E-state index in [4.69, 9.17) is 0 Å². The van der Waals surface area contributed by atoms with Gasteiger partial charge < -0.3 is 0 Å². The molecular weight excluding hydrogens is 326 g/mol. The summed E-state index contributed by atoms with van der Waals surface area (Å²) in [5, 5.41) is 0. The van der Waals surface area contributed by atoms with Crippen molar-refractivity contribution in [1.82, 2.24) is 0 Å². The Kier molecular flexibility index (Phi) is 9.25. The normalized spacial score (nSPS) is 26.0. The summed E-state index contributed by atoms with van der Waals surface area (Å²) in [6.45, 7) is 19.9. The smallest absolute Gasteiger partial charge is 0.0188 e. The molecule has 0 aromatic heterocycles. The third-order valence-corrected chi connectivity index (χ3v) is 9.88. The highest BCUT2D eigenvalue weighted by Gasteiger charge is 2.54. The van der Waals surface area contributed by atoms with Crippen molar-refractivity contribution < 1.29 is 0 Å². The van der Waals surface area contributed by atoms with Gasteiger partial charge in [-0.15, -0.1) is 17.2 Å². The summed E-state index contributed by atoms with van der Waals surface area (Å²) in [7, 11) is 2.42. The highest BCUT2D eigenvalue weighted by atomic mass is 31.1. The minimum Gasteiger partial charge on any atom is -0.119 e. The Morgan fingerprint density at radius 3 is 1.42 bits per heavy atom. The molecule has 0 nitrogen and oxygen atoms in total. The SMILES string of the molecule is CCCCPC1CC(PCCCC)CC(C(C)(C)C)(C(C)(C)C)C1. The zero-order valence-corrected chi connectivity index (χ0v) is 20.0. The van der Waals surface area contributed by atoms with E-state index in [1.165, 1.54) is 74.4 Å². The van der Waals surface area contributed by atoms with Gasteiger partial charge in [-0.25, -0.2) is 0 Å². The summed E-state index contributed by atoms with van der Waals surface area (Å²) < 4.78 is 0. The molecule has 1 aliphatic rings. The fraction of sp³-hybridized carbons (Fsp3) is 1.00. The number of unbranched alkanes of at least 4 members (excludes halogenated alkanes) is 2. The van der Waals surface area contributed by atoms with Gasteiger partial charge in [0.25, 0.3) is 0 Å². The van der Waals surface area contributed by atoms with Gasteiger partial charge in [0.1, 0.15) is 0 Å². The monoisotopic (exact) mass is 372 g/mol. The molecule has 24 heavy (non-hydrogen) atoms. The molecular formula is C22H46P2. The molecule has 0 bridgehead atoms. The van der Waals surface area contributed by atoms with E-state index in [9.17, 15) is 0 Å². The van der Waals surface area contributed by atoms with Gasteiger partial charge in [0.15, 0.2) is 0 Å². The molecule has 144 valence electrons. The molecule has 0 aromatic rings. The maximum absolute atomic E-state index is 2.53. The summed E-state index contributed by atoms with van der Waals surface area (Å²) >= 11 is 0. The molecule has 0 spiro atoms. The van der Waals surface area contributed by atoms with E-state index in [0.717, 1.165) is 11.3 Å². The van der Waals surface area contributed by atoms with Crippen LogP contribution in [-0.2, 0) is 0 Å². The summed E-state index contributed by atoms with van der Waals surface area (Å²) in [5.41, 5.74) is 3.33. The Labute approximate surface area is 157 Å². The van der Waals surface area contributed by atoms with Crippen molar-refractivity contribution in [1.29, 1.82) is 0 Å². The van der Waals surface area contributed by atoms with E-state index < -0.39 is 0 Å². The molecule has 1 rings (SSSR count). The van der Waals surface area contributed by atoms with Crippen LogP contribution in [0.2, 0.25) is 0 Å². The Morgan fingerprint density at radius 1 is 0.750 bits per heavy atom. The molecule has 1 saturated carbocycles. The van der Waals surface area contributed by atoms with Gasteiger partial charge in [-0.2, -0.15) is 0 Å². The lowest BCUT2D eigenvalue weighted by Gasteiger charge is -2.59. The second-order valence-electron chi connectivity index (χ2n) is 10.2. The van der Waals surface area contributed by atoms with E-state index >= 15 is 0 Å². The Morgan fingerprint density at radius 2 is 1.12 bits per heavy atom. The Bertz CT molecular complexity index is 314. The molecule has 0 amide bonds. The minimum atomic E-state index is 0.409. The highest BCUT2D eigenvalue weighted by molar-refractivity contribution is 7.40. The van der Waals surface area contributed by atoms with Crippen LogP contribution in [0.4, 0.5) is 0 Å². The van der Waals surface area contributed by atoms with Gasteiger partial charge in [0.05, 0.1) is 0 Å². The minimum absolute atomic E-state index is 0.409. The second kappa shape index (κ2) is 9.70. The van der Waals surface area contributed by atoms with Crippen LogP contribution in [0.25, 0.3) is 0 Å². The van der Waals surface area contributed by atoms with Gasteiger partial charge in [-0.05, 0) is 72.0 Å². The molecule has 4 unspecified atom stereocenters. The van der Waals surface area contributed by atoms with Crippen LogP contribution in [0, 0.1) is 16.2 Å². The van der Waals surface area contributed by atoms with Crippen LogP contribution in [-0.4, -0.2) is 23.6 Å². The lowest BCUT2D eigenvalue weighted by atomic mass is 9.49. The molecule has 4 atom stereocenters. The van der Waals surface area contributed by atoms with Crippen LogP contribution in [0.1, 0.15) is 100 Å². The summed E-state index contributed by atoms with van der Waals surface area (Å²) in [4.78, 5) is 0. The van der Waals surface area contributed by atoms with Crippen molar-refractivity contribution in [3.63, 3.8) is 0 Å². The number of hydrogen-bond donors (Lipinski definition) is 0. The van der Waals surface area contributed by atoms with Crippen molar-refractivity contribution in [2.45, 2.75) is 112 Å². The van der Waals surface area contributed by atoms with Crippen LogP contribution in [0.3, 0.4) is 0 Å². The third-order valence-electron chi connectivity index (χ3n) is 6.56. The summed E-state index contributed by atoms with van der Waals surface area (Å²) in [5.74, 6) is 0. The molecule has 0 heterocycles. The quantitative estimate of drug-likeness (QED) is 0.299. The number of rotatable bonds is 8. The van der Waals surface area contributed by atoms with E-state index in [1.54, 1.807) is 0 Å². The van der Waals surface area contributed by atoms with Gasteiger partial charge in [-0.3, -0.25) is 0 Å². The first-order chi connectivity index (χ1) is 11.1. The molecule has 1 fully saturated rings. The van der Waals surface area contributed by atoms with Gasteiger partial charge >= 0.3 is 0 Å². The van der Waals surface area contributed by atoms with Crippen molar-refractivity contribution in [2.75, 3.05) is 12.3 Å². The topological polar surface area (TPSA) is 0 Å². The first-order valence-corrected chi connectivity index (χ1v) is 13.1. The fourth-order valence-electron chi connectivity index (χ4n) is 5.06. The zero-order valence-electron chi connectivity index (χ0n) is 18.0. The molecule has 1 aliphatic carbocycles. The fourth-order valence-corrected chi connectivity index (χ4v) is 9.12.